The van der Waals surface area contributed by atoms with Gasteiger partial charge in [0.2, 0.25) is 0 Å². The number of carbonyl (C=O) groups is 2. The van der Waals surface area contributed by atoms with Crippen molar-refractivity contribution in [3.63, 3.8) is 0 Å². The van der Waals surface area contributed by atoms with Gasteiger partial charge in [-0.2, -0.15) is 0 Å². The number of carboxylic acid groups (broad SMARTS) is 2. The van der Waals surface area contributed by atoms with Gasteiger partial charge in [-0.25, -0.2) is 9.59 Å². The molecule has 0 spiro atoms. The van der Waals surface area contributed by atoms with Crippen LogP contribution in [-0.4, -0.2) is 32.9 Å². The Morgan fingerprint density at radius 3 is 2.07 bits per heavy atom. The Morgan fingerprint density at radius 1 is 0.893 bits per heavy atom. The number of carboxylic acids is 2. The van der Waals surface area contributed by atoms with Gasteiger partial charge in [-0.15, -0.1) is 0 Å². The fraction of sp³-hybridized carbons (Fsp3) is 0.136. The zero-order chi connectivity index (χ0) is 20.4. The molecular formula is C22H20N2O4. The number of aromatic carboxylic acids is 2. The van der Waals surface area contributed by atoms with E-state index in [0.29, 0.717) is 5.69 Å². The van der Waals surface area contributed by atoms with Gasteiger partial charge >= 0.3 is 11.9 Å². The monoisotopic (exact) mass is 376 g/mol. The summed E-state index contributed by atoms with van der Waals surface area (Å²) in [5.74, 6) is -1.92. The highest BCUT2D eigenvalue weighted by atomic mass is 16.4. The number of aromatic nitrogens is 1. The molecule has 0 bridgehead atoms. The van der Waals surface area contributed by atoms with Gasteiger partial charge < -0.3 is 14.8 Å². The Kier molecular flexibility index (Phi) is 5.13. The number of hydrogen-bond acceptors (Lipinski definition) is 3. The summed E-state index contributed by atoms with van der Waals surface area (Å²) in [4.78, 5) is 26.5. The summed E-state index contributed by atoms with van der Waals surface area (Å²) in [6, 6.07) is 13.4. The van der Waals surface area contributed by atoms with Crippen molar-refractivity contribution in [3.8, 4) is 5.69 Å². The van der Waals surface area contributed by atoms with Crippen LogP contribution in [0.5, 0.6) is 0 Å². The van der Waals surface area contributed by atoms with E-state index in [1.807, 2.05) is 32.9 Å². The molecule has 0 amide bonds. The zero-order valence-electron chi connectivity index (χ0n) is 15.8. The molecule has 0 aliphatic heterocycles. The molecule has 3 aromatic rings. The highest BCUT2D eigenvalue weighted by molar-refractivity contribution is 5.89. The van der Waals surface area contributed by atoms with E-state index in [9.17, 15) is 9.59 Å². The van der Waals surface area contributed by atoms with Gasteiger partial charge in [-0.3, -0.25) is 4.99 Å². The summed E-state index contributed by atoms with van der Waals surface area (Å²) in [5.41, 5.74) is 5.85. The van der Waals surface area contributed by atoms with Crippen molar-refractivity contribution in [3.05, 3.63) is 82.2 Å². The Morgan fingerprint density at radius 2 is 1.50 bits per heavy atom. The lowest BCUT2D eigenvalue weighted by Crippen LogP contribution is -2.04. The van der Waals surface area contributed by atoms with E-state index in [1.165, 1.54) is 12.1 Å². The first-order valence-electron chi connectivity index (χ1n) is 8.68. The fourth-order valence-electron chi connectivity index (χ4n) is 3.16. The van der Waals surface area contributed by atoms with Crippen LogP contribution in [0.15, 0.2) is 53.5 Å². The normalized spacial score (nSPS) is 11.1. The third-order valence-corrected chi connectivity index (χ3v) is 4.62. The van der Waals surface area contributed by atoms with Crippen LogP contribution in [0.2, 0.25) is 0 Å². The van der Waals surface area contributed by atoms with Crippen molar-refractivity contribution in [1.82, 2.24) is 4.57 Å². The van der Waals surface area contributed by atoms with E-state index in [4.69, 9.17) is 10.2 Å². The molecule has 0 atom stereocenters. The molecule has 0 saturated carbocycles. The van der Waals surface area contributed by atoms with E-state index < -0.39 is 11.9 Å². The van der Waals surface area contributed by atoms with Crippen molar-refractivity contribution < 1.29 is 19.8 Å². The molecule has 2 N–H and O–H groups in total. The van der Waals surface area contributed by atoms with Crippen LogP contribution < -0.4 is 0 Å². The predicted octanol–water partition coefficient (Wildman–Crippen LogP) is 4.55. The van der Waals surface area contributed by atoms with E-state index >= 15 is 0 Å². The average Bonchev–Trinajstić information content (AvgIpc) is 2.94. The molecule has 0 aliphatic rings. The maximum Gasteiger partial charge on any atom is 0.335 e. The van der Waals surface area contributed by atoms with Crippen LogP contribution >= 0.6 is 0 Å². The number of hydrogen-bond donors (Lipinski definition) is 2. The summed E-state index contributed by atoms with van der Waals surface area (Å²) in [5, 5.41) is 18.1. The molecule has 0 radical (unpaired) electrons. The van der Waals surface area contributed by atoms with Crippen molar-refractivity contribution in [2.75, 3.05) is 0 Å². The molecule has 2 aromatic carbocycles. The van der Waals surface area contributed by atoms with Crippen LogP contribution in [0.25, 0.3) is 5.69 Å². The number of rotatable bonds is 5. The van der Waals surface area contributed by atoms with Gasteiger partial charge in [0.1, 0.15) is 0 Å². The van der Waals surface area contributed by atoms with Gasteiger partial charge in [0.25, 0.3) is 0 Å². The van der Waals surface area contributed by atoms with Gasteiger partial charge in [0, 0.05) is 28.9 Å². The highest BCUT2D eigenvalue weighted by Crippen LogP contribution is 2.24. The highest BCUT2D eigenvalue weighted by Gasteiger charge is 2.13. The van der Waals surface area contributed by atoms with Crippen LogP contribution in [0, 0.1) is 20.8 Å². The lowest BCUT2D eigenvalue weighted by Gasteiger charge is -2.13. The molecule has 0 saturated heterocycles. The Labute approximate surface area is 162 Å². The minimum absolute atomic E-state index is 0.220. The van der Waals surface area contributed by atoms with Crippen molar-refractivity contribution >= 4 is 23.8 Å². The number of aryl methyl sites for hydroxylation is 2. The van der Waals surface area contributed by atoms with Crippen LogP contribution in [-0.2, 0) is 0 Å². The first kappa shape index (κ1) is 19.1. The second kappa shape index (κ2) is 7.52. The molecule has 3 rings (SSSR count). The van der Waals surface area contributed by atoms with E-state index in [0.717, 1.165) is 28.2 Å². The van der Waals surface area contributed by atoms with Crippen LogP contribution in [0.4, 0.5) is 5.69 Å². The Hall–Kier alpha value is -3.67. The quantitative estimate of drug-likeness (QED) is 0.639. The summed E-state index contributed by atoms with van der Waals surface area (Å²) in [6.07, 6.45) is 1.75. The zero-order valence-corrected chi connectivity index (χ0v) is 15.8. The third kappa shape index (κ3) is 3.71. The van der Waals surface area contributed by atoms with Crippen molar-refractivity contribution in [1.29, 1.82) is 0 Å². The molecule has 1 heterocycles. The molecule has 0 fully saturated rings. The summed E-state index contributed by atoms with van der Waals surface area (Å²) in [6.45, 7) is 5.85. The molecule has 28 heavy (non-hydrogen) atoms. The van der Waals surface area contributed by atoms with Gasteiger partial charge in [-0.1, -0.05) is 0 Å². The number of nitrogens with zero attached hydrogens (tertiary/aromatic N) is 2. The standard InChI is InChI=1S/C22H20N2O4/c1-13-10-17(22(27)28)6-9-20(13)24-14(2)11-18(15(24)3)12-23-19-7-4-16(5-8-19)21(25)26/h4-12H,1-3H3,(H,25,26)(H,27,28). The summed E-state index contributed by atoms with van der Waals surface area (Å²) < 4.78 is 2.07. The van der Waals surface area contributed by atoms with Gasteiger partial charge in [0.05, 0.1) is 16.8 Å². The first-order valence-corrected chi connectivity index (χ1v) is 8.68. The lowest BCUT2D eigenvalue weighted by molar-refractivity contribution is 0.0686. The molecule has 6 heteroatoms. The molecule has 6 nitrogen and oxygen atoms in total. The lowest BCUT2D eigenvalue weighted by atomic mass is 10.1. The average molecular weight is 376 g/mol. The summed E-state index contributed by atoms with van der Waals surface area (Å²) in [7, 11) is 0. The Balaban J connectivity index is 1.94. The minimum Gasteiger partial charge on any atom is -0.478 e. The van der Waals surface area contributed by atoms with E-state index in [2.05, 4.69) is 9.56 Å². The van der Waals surface area contributed by atoms with Crippen LogP contribution in [0.1, 0.15) is 43.2 Å². The van der Waals surface area contributed by atoms with Crippen molar-refractivity contribution in [2.45, 2.75) is 20.8 Å². The third-order valence-electron chi connectivity index (χ3n) is 4.62. The maximum atomic E-state index is 11.2. The minimum atomic E-state index is -0.969. The maximum absolute atomic E-state index is 11.2. The molecule has 0 unspecified atom stereocenters. The van der Waals surface area contributed by atoms with Gasteiger partial charge in [-0.05, 0) is 74.9 Å². The smallest absolute Gasteiger partial charge is 0.335 e. The largest absolute Gasteiger partial charge is 0.478 e. The number of aliphatic imine (C=N–C) groups is 1. The SMILES string of the molecule is Cc1cc(C(=O)O)ccc1-n1c(C)cc(C=Nc2ccc(C(=O)O)cc2)c1C. The molecular weight excluding hydrogens is 356 g/mol. The second-order valence-electron chi connectivity index (χ2n) is 6.58. The molecule has 0 aliphatic carbocycles. The summed E-state index contributed by atoms with van der Waals surface area (Å²) >= 11 is 0. The molecule has 142 valence electrons. The van der Waals surface area contributed by atoms with E-state index in [1.54, 1.807) is 30.5 Å². The first-order chi connectivity index (χ1) is 13.3. The van der Waals surface area contributed by atoms with Gasteiger partial charge in [0.15, 0.2) is 0 Å². The number of benzene rings is 2. The fourth-order valence-corrected chi connectivity index (χ4v) is 3.16. The van der Waals surface area contributed by atoms with Crippen LogP contribution in [0.3, 0.4) is 0 Å². The second-order valence-corrected chi connectivity index (χ2v) is 6.58. The predicted molar refractivity (Wildman–Crippen MR) is 108 cm³/mol. The molecule has 1 aromatic heterocycles. The van der Waals surface area contributed by atoms with Crippen molar-refractivity contribution in [2.24, 2.45) is 4.99 Å². The topological polar surface area (TPSA) is 91.9 Å². The Bertz CT molecular complexity index is 1090. The van der Waals surface area contributed by atoms with E-state index in [-0.39, 0.29) is 11.1 Å².